The van der Waals surface area contributed by atoms with E-state index in [2.05, 4.69) is 113 Å². The normalized spacial score (nSPS) is 14.8. The van der Waals surface area contributed by atoms with Gasteiger partial charge in [0.15, 0.2) is 0 Å². The van der Waals surface area contributed by atoms with Crippen molar-refractivity contribution >= 4 is 34.6 Å². The van der Waals surface area contributed by atoms with E-state index in [0.717, 1.165) is 88.2 Å². The highest BCUT2D eigenvalue weighted by molar-refractivity contribution is 5.54. The van der Waals surface area contributed by atoms with Crippen molar-refractivity contribution in [3.8, 4) is 0 Å². The Balaban J connectivity index is 0.00000240. The van der Waals surface area contributed by atoms with Gasteiger partial charge >= 0.3 is 11.9 Å². The third-order valence-corrected chi connectivity index (χ3v) is 8.78. The number of aryl methyl sites for hydroxylation is 4. The number of imidazole rings is 2. The molecule has 0 unspecified atom stereocenters. The molecule has 12 heteroatoms. The van der Waals surface area contributed by atoms with Crippen LogP contribution < -0.4 is 43.7 Å². The summed E-state index contributed by atoms with van der Waals surface area (Å²) in [6.07, 6.45) is 17.9. The van der Waals surface area contributed by atoms with Crippen molar-refractivity contribution in [1.82, 2.24) is 9.13 Å². The Morgan fingerprint density at radius 2 is 0.891 bits per heavy atom. The van der Waals surface area contributed by atoms with Crippen molar-refractivity contribution in [2.24, 2.45) is 34.6 Å². The molecule has 10 nitrogen and oxygen atoms in total. The van der Waals surface area contributed by atoms with E-state index >= 15 is 0 Å². The van der Waals surface area contributed by atoms with E-state index in [9.17, 15) is 0 Å². The lowest BCUT2D eigenvalue weighted by Gasteiger charge is -2.16. The Labute approximate surface area is 285 Å². The van der Waals surface area contributed by atoms with E-state index < -0.39 is 0 Å². The van der Waals surface area contributed by atoms with Crippen LogP contribution in [0.4, 0.5) is 34.6 Å². The van der Waals surface area contributed by atoms with Crippen molar-refractivity contribution < 1.29 is 33.9 Å². The molecular weight excluding hydrogens is 619 g/mol. The molecular formula is C34H46Cl2N10. The molecule has 2 aromatic heterocycles. The summed E-state index contributed by atoms with van der Waals surface area (Å²) in [5.74, 6) is 1.74. The van der Waals surface area contributed by atoms with Crippen molar-refractivity contribution in [3.63, 3.8) is 0 Å². The number of benzene rings is 2. The Kier molecular flexibility index (Phi) is 13.2. The first kappa shape index (κ1) is 35.1. The zero-order valence-electron chi connectivity index (χ0n) is 27.1. The topological polar surface area (TPSA) is 73.5 Å². The fraction of sp³-hybridized carbons (Fsp3) is 0.471. The maximum atomic E-state index is 4.60. The minimum atomic E-state index is 0. The fourth-order valence-corrected chi connectivity index (χ4v) is 6.17. The van der Waals surface area contributed by atoms with Crippen LogP contribution in [-0.2, 0) is 27.2 Å². The number of unbranched alkanes of at least 4 members (excludes halogenated alkanes) is 3. The molecule has 0 atom stereocenters. The van der Waals surface area contributed by atoms with Crippen LogP contribution in [0, 0.1) is 0 Å². The molecule has 0 N–H and O–H groups in total. The Bertz CT molecular complexity index is 1430. The van der Waals surface area contributed by atoms with Crippen molar-refractivity contribution in [2.45, 2.75) is 64.5 Å². The minimum absolute atomic E-state index is 0. The van der Waals surface area contributed by atoms with Gasteiger partial charge in [-0.05, 0) is 87.1 Å². The fourth-order valence-electron chi connectivity index (χ4n) is 6.17. The van der Waals surface area contributed by atoms with E-state index in [0.29, 0.717) is 0 Å². The number of hydrogen-bond acceptors (Lipinski definition) is 6. The lowest BCUT2D eigenvalue weighted by atomic mass is 10.2. The highest BCUT2D eigenvalue weighted by Crippen LogP contribution is 2.26. The molecule has 246 valence electrons. The molecule has 2 aliphatic heterocycles. The van der Waals surface area contributed by atoms with E-state index in [1.54, 1.807) is 0 Å². The van der Waals surface area contributed by atoms with Crippen LogP contribution in [-0.4, -0.2) is 35.3 Å². The molecule has 0 saturated carbocycles. The second kappa shape index (κ2) is 17.2. The van der Waals surface area contributed by atoms with E-state index in [4.69, 9.17) is 0 Å². The lowest BCUT2D eigenvalue weighted by molar-refractivity contribution is -0.657. The number of hydrogen-bond donors (Lipinski definition) is 0. The summed E-state index contributed by atoms with van der Waals surface area (Å²) in [5.41, 5.74) is 4.32. The molecule has 2 aromatic carbocycles. The standard InChI is InChI=1S/C34H46N10.2ClH/c1-39-25-27-43(33(39)37-35-29-11-15-31(16-12-29)41-19-7-8-20-41)23-5-3-4-6-24-44-28-26-40(2)34(44)38-36-30-13-17-32(18-14-30)42-21-9-10-22-42;;/h11-18,25-28H,3-10,19-24H2,1-2H3;2*1H/q+2;;/p-2. The van der Waals surface area contributed by atoms with Gasteiger partial charge < -0.3 is 34.6 Å². The summed E-state index contributed by atoms with van der Waals surface area (Å²) in [4.78, 5) is 4.87. The van der Waals surface area contributed by atoms with Crippen molar-refractivity contribution in [3.05, 3.63) is 73.3 Å². The quantitative estimate of drug-likeness (QED) is 0.123. The second-order valence-electron chi connectivity index (χ2n) is 12.0. The van der Waals surface area contributed by atoms with Gasteiger partial charge in [-0.3, -0.25) is 0 Å². The maximum Gasteiger partial charge on any atom is 0.421 e. The van der Waals surface area contributed by atoms with Crippen LogP contribution in [0.5, 0.6) is 0 Å². The molecule has 0 amide bonds. The molecule has 4 aromatic rings. The molecule has 0 aliphatic carbocycles. The number of anilines is 2. The molecule has 4 heterocycles. The molecule has 46 heavy (non-hydrogen) atoms. The summed E-state index contributed by atoms with van der Waals surface area (Å²) >= 11 is 0. The molecule has 2 saturated heterocycles. The van der Waals surface area contributed by atoms with Gasteiger partial charge in [0.1, 0.15) is 11.4 Å². The molecule has 0 radical (unpaired) electrons. The molecule has 0 spiro atoms. The second-order valence-corrected chi connectivity index (χ2v) is 12.0. The van der Waals surface area contributed by atoms with Gasteiger partial charge in [0.05, 0.1) is 52.0 Å². The van der Waals surface area contributed by atoms with Gasteiger partial charge in [0, 0.05) is 47.8 Å². The van der Waals surface area contributed by atoms with Gasteiger partial charge in [0.25, 0.3) is 0 Å². The number of aromatic nitrogens is 4. The predicted octanol–water partition coefficient (Wildman–Crippen LogP) is 1.24. The van der Waals surface area contributed by atoms with E-state index in [1.807, 2.05) is 23.2 Å². The number of azo groups is 2. The van der Waals surface area contributed by atoms with Gasteiger partial charge in [0.2, 0.25) is 0 Å². The third kappa shape index (κ3) is 8.94. The smallest absolute Gasteiger partial charge is 0.421 e. The molecule has 2 aliphatic rings. The molecule has 6 rings (SSSR count). The average Bonchev–Trinajstić information content (AvgIpc) is 3.88. The van der Waals surface area contributed by atoms with Crippen LogP contribution in [0.1, 0.15) is 51.4 Å². The summed E-state index contributed by atoms with van der Waals surface area (Å²) in [6.45, 7) is 6.46. The first-order chi connectivity index (χ1) is 21.6. The van der Waals surface area contributed by atoms with Crippen LogP contribution in [0.3, 0.4) is 0 Å². The van der Waals surface area contributed by atoms with Crippen LogP contribution in [0.15, 0.2) is 93.8 Å². The number of nitrogens with zero attached hydrogens (tertiary/aromatic N) is 10. The zero-order chi connectivity index (χ0) is 30.1. The highest BCUT2D eigenvalue weighted by Gasteiger charge is 2.17. The highest BCUT2D eigenvalue weighted by atomic mass is 35.5. The van der Waals surface area contributed by atoms with E-state index in [-0.39, 0.29) is 24.8 Å². The molecule has 2 fully saturated rings. The van der Waals surface area contributed by atoms with Crippen molar-refractivity contribution in [1.29, 1.82) is 0 Å². The summed E-state index contributed by atoms with van der Waals surface area (Å²) < 4.78 is 8.46. The average molecular weight is 666 g/mol. The molecule has 0 bridgehead atoms. The summed E-state index contributed by atoms with van der Waals surface area (Å²) in [5, 5.41) is 18.3. The lowest BCUT2D eigenvalue weighted by Crippen LogP contribution is -3.00. The summed E-state index contributed by atoms with van der Waals surface area (Å²) in [6, 6.07) is 16.9. The van der Waals surface area contributed by atoms with E-state index in [1.165, 1.54) is 37.1 Å². The van der Waals surface area contributed by atoms with Crippen LogP contribution in [0.2, 0.25) is 0 Å². The largest absolute Gasteiger partial charge is 1.00 e. The summed E-state index contributed by atoms with van der Waals surface area (Å²) in [7, 11) is 4.05. The van der Waals surface area contributed by atoms with Gasteiger partial charge in [-0.2, -0.15) is 0 Å². The van der Waals surface area contributed by atoms with Gasteiger partial charge in [-0.1, -0.05) is 23.1 Å². The maximum absolute atomic E-state index is 4.60. The number of rotatable bonds is 13. The Morgan fingerprint density at radius 3 is 1.26 bits per heavy atom. The monoisotopic (exact) mass is 664 g/mol. The first-order valence-electron chi connectivity index (χ1n) is 16.3. The SMILES string of the molecule is C[n+]1ccn(CCCCCCn2cc[n+](C)c2N=Nc2ccc(N3CCCC3)cc2)c1N=Nc1ccc(N2CCCC2)cc1.[Cl-].[Cl-]. The van der Waals surface area contributed by atoms with Crippen molar-refractivity contribution in [2.75, 3.05) is 36.0 Å². The first-order valence-corrected chi connectivity index (χ1v) is 16.3. The Hall–Kier alpha value is -3.76. The van der Waals surface area contributed by atoms with Gasteiger partial charge in [-0.15, -0.1) is 0 Å². The predicted molar refractivity (Wildman–Crippen MR) is 174 cm³/mol. The van der Waals surface area contributed by atoms with Crippen LogP contribution >= 0.6 is 0 Å². The van der Waals surface area contributed by atoms with Crippen LogP contribution in [0.25, 0.3) is 0 Å². The zero-order valence-corrected chi connectivity index (χ0v) is 28.6. The van der Waals surface area contributed by atoms with Gasteiger partial charge in [-0.25, -0.2) is 18.3 Å². The minimum Gasteiger partial charge on any atom is -1.00 e. The Morgan fingerprint density at radius 1 is 0.522 bits per heavy atom. The third-order valence-electron chi connectivity index (χ3n) is 8.78. The number of halogens is 2.